The van der Waals surface area contributed by atoms with Crippen LogP contribution in [0.25, 0.3) is 0 Å². The highest BCUT2D eigenvalue weighted by Crippen LogP contribution is 2.14. The first-order valence-corrected chi connectivity index (χ1v) is 5.46. The van der Waals surface area contributed by atoms with Gasteiger partial charge in [-0.15, -0.1) is 11.6 Å². The number of halogens is 1. The number of carbonyl (C=O) groups excluding carboxylic acids is 1. The summed E-state index contributed by atoms with van der Waals surface area (Å²) in [4.78, 5) is 11.4. The molecule has 15 heavy (non-hydrogen) atoms. The summed E-state index contributed by atoms with van der Waals surface area (Å²) in [7, 11) is 1.40. The first kappa shape index (κ1) is 12.1. The van der Waals surface area contributed by atoms with E-state index >= 15 is 0 Å². The van der Waals surface area contributed by atoms with E-state index in [0.29, 0.717) is 11.4 Å². The molecule has 0 amide bonds. The fraction of sp³-hybridized carbons (Fsp3) is 0.417. The van der Waals surface area contributed by atoms with Gasteiger partial charge in [0.2, 0.25) is 0 Å². The average molecular weight is 227 g/mol. The van der Waals surface area contributed by atoms with E-state index in [1.807, 2.05) is 25.1 Å². The molecular formula is C12H15ClO2. The predicted molar refractivity (Wildman–Crippen MR) is 61.6 cm³/mol. The second-order valence-corrected chi connectivity index (χ2v) is 3.81. The van der Waals surface area contributed by atoms with Crippen molar-refractivity contribution in [1.82, 2.24) is 0 Å². The molecule has 0 unspecified atom stereocenters. The van der Waals surface area contributed by atoms with E-state index in [1.165, 1.54) is 7.11 Å². The molecule has 1 aromatic carbocycles. The van der Waals surface area contributed by atoms with Gasteiger partial charge in [-0.05, 0) is 37.0 Å². The maximum absolute atomic E-state index is 11.4. The lowest BCUT2D eigenvalue weighted by atomic mass is 10.0. The van der Waals surface area contributed by atoms with Crippen molar-refractivity contribution in [3.63, 3.8) is 0 Å². The molecule has 0 heterocycles. The molecule has 1 rings (SSSR count). The van der Waals surface area contributed by atoms with Gasteiger partial charge in [0.05, 0.1) is 12.7 Å². The van der Waals surface area contributed by atoms with Gasteiger partial charge in [0.1, 0.15) is 0 Å². The topological polar surface area (TPSA) is 26.3 Å². The normalized spacial score (nSPS) is 10.1. The third kappa shape index (κ3) is 3.24. The molecule has 0 aliphatic carbocycles. The molecule has 0 bridgehead atoms. The van der Waals surface area contributed by atoms with Gasteiger partial charge >= 0.3 is 5.97 Å². The van der Waals surface area contributed by atoms with Crippen molar-refractivity contribution in [1.29, 1.82) is 0 Å². The number of aryl methyl sites for hydroxylation is 2. The van der Waals surface area contributed by atoms with Gasteiger partial charge < -0.3 is 4.74 Å². The zero-order valence-corrected chi connectivity index (χ0v) is 9.80. The number of hydrogen-bond acceptors (Lipinski definition) is 2. The summed E-state index contributed by atoms with van der Waals surface area (Å²) in [5.74, 6) is 0.363. The zero-order valence-electron chi connectivity index (χ0n) is 9.05. The van der Waals surface area contributed by atoms with Crippen molar-refractivity contribution in [2.75, 3.05) is 13.0 Å². The lowest BCUT2D eigenvalue weighted by Crippen LogP contribution is -2.04. The molecule has 82 valence electrons. The quantitative estimate of drug-likeness (QED) is 0.583. The fourth-order valence-electron chi connectivity index (χ4n) is 1.43. The Morgan fingerprint density at radius 1 is 1.47 bits per heavy atom. The molecule has 0 spiro atoms. The largest absolute Gasteiger partial charge is 0.465 e. The van der Waals surface area contributed by atoms with Crippen molar-refractivity contribution < 1.29 is 9.53 Å². The Hall–Kier alpha value is -1.02. The minimum absolute atomic E-state index is 0.278. The van der Waals surface area contributed by atoms with Crippen LogP contribution in [0.5, 0.6) is 0 Å². The number of ether oxygens (including phenoxy) is 1. The standard InChI is InChI=1S/C12H15ClO2/c1-9-5-6-10(4-3-7-13)8-11(9)12(14)15-2/h5-6,8H,3-4,7H2,1-2H3. The maximum atomic E-state index is 11.4. The highest BCUT2D eigenvalue weighted by atomic mass is 35.5. The maximum Gasteiger partial charge on any atom is 0.338 e. The molecule has 0 radical (unpaired) electrons. The summed E-state index contributed by atoms with van der Waals surface area (Å²) in [6.07, 6.45) is 1.82. The minimum Gasteiger partial charge on any atom is -0.465 e. The monoisotopic (exact) mass is 226 g/mol. The van der Waals surface area contributed by atoms with Crippen LogP contribution in [0.1, 0.15) is 27.9 Å². The molecule has 0 N–H and O–H groups in total. The van der Waals surface area contributed by atoms with Crippen LogP contribution >= 0.6 is 11.6 Å². The van der Waals surface area contributed by atoms with Gasteiger partial charge in [0, 0.05) is 5.88 Å². The number of alkyl halides is 1. The number of benzene rings is 1. The van der Waals surface area contributed by atoms with Gasteiger partial charge in [-0.25, -0.2) is 4.79 Å². The summed E-state index contributed by atoms with van der Waals surface area (Å²) in [6, 6.07) is 5.85. The molecule has 2 nitrogen and oxygen atoms in total. The first-order chi connectivity index (χ1) is 7.19. The fourth-order valence-corrected chi connectivity index (χ4v) is 1.56. The van der Waals surface area contributed by atoms with Crippen LogP contribution in [0.15, 0.2) is 18.2 Å². The van der Waals surface area contributed by atoms with Crippen molar-refractivity contribution in [3.8, 4) is 0 Å². The SMILES string of the molecule is COC(=O)c1cc(CCCCl)ccc1C. The molecule has 0 fully saturated rings. The van der Waals surface area contributed by atoms with Gasteiger partial charge in [-0.2, -0.15) is 0 Å². The summed E-state index contributed by atoms with van der Waals surface area (Å²) < 4.78 is 4.71. The van der Waals surface area contributed by atoms with Crippen LogP contribution in [0.3, 0.4) is 0 Å². The highest BCUT2D eigenvalue weighted by molar-refractivity contribution is 6.17. The lowest BCUT2D eigenvalue weighted by Gasteiger charge is -2.06. The van der Waals surface area contributed by atoms with E-state index in [2.05, 4.69) is 0 Å². The second-order valence-electron chi connectivity index (χ2n) is 3.43. The highest BCUT2D eigenvalue weighted by Gasteiger charge is 2.09. The molecular weight excluding hydrogens is 212 g/mol. The smallest absolute Gasteiger partial charge is 0.338 e. The summed E-state index contributed by atoms with van der Waals surface area (Å²) >= 11 is 5.62. The number of esters is 1. The molecule has 0 aliphatic heterocycles. The van der Waals surface area contributed by atoms with Crippen molar-refractivity contribution in [3.05, 3.63) is 34.9 Å². The van der Waals surface area contributed by atoms with Crippen LogP contribution in [0.4, 0.5) is 0 Å². The predicted octanol–water partition coefficient (Wildman–Crippen LogP) is 2.95. The third-order valence-corrected chi connectivity index (χ3v) is 2.57. The Morgan fingerprint density at radius 2 is 2.20 bits per heavy atom. The van der Waals surface area contributed by atoms with E-state index in [4.69, 9.17) is 16.3 Å². The van der Waals surface area contributed by atoms with Crippen LogP contribution < -0.4 is 0 Å². The van der Waals surface area contributed by atoms with E-state index in [0.717, 1.165) is 24.0 Å². The van der Waals surface area contributed by atoms with E-state index < -0.39 is 0 Å². The Balaban J connectivity index is 2.89. The van der Waals surface area contributed by atoms with Gasteiger partial charge in [0.15, 0.2) is 0 Å². The van der Waals surface area contributed by atoms with Gasteiger partial charge in [0.25, 0.3) is 0 Å². The van der Waals surface area contributed by atoms with Gasteiger partial charge in [-0.3, -0.25) is 0 Å². The van der Waals surface area contributed by atoms with Crippen LogP contribution in [-0.4, -0.2) is 19.0 Å². The van der Waals surface area contributed by atoms with E-state index in [9.17, 15) is 4.79 Å². The summed E-state index contributed by atoms with van der Waals surface area (Å²) in [5, 5.41) is 0. The zero-order chi connectivity index (χ0) is 11.3. The van der Waals surface area contributed by atoms with E-state index in [-0.39, 0.29) is 5.97 Å². The van der Waals surface area contributed by atoms with Gasteiger partial charge in [-0.1, -0.05) is 12.1 Å². The van der Waals surface area contributed by atoms with Crippen LogP contribution in [0.2, 0.25) is 0 Å². The Kier molecular flexibility index (Phi) is 4.63. The molecule has 1 aromatic rings. The average Bonchev–Trinajstić information content (AvgIpc) is 2.27. The number of methoxy groups -OCH3 is 1. The second kappa shape index (κ2) is 5.76. The Morgan fingerprint density at radius 3 is 2.80 bits per heavy atom. The van der Waals surface area contributed by atoms with Crippen LogP contribution in [-0.2, 0) is 11.2 Å². The Bertz CT molecular complexity index is 347. The number of rotatable bonds is 4. The van der Waals surface area contributed by atoms with E-state index in [1.54, 1.807) is 0 Å². The first-order valence-electron chi connectivity index (χ1n) is 4.93. The minimum atomic E-state index is -0.278. The molecule has 0 aliphatic rings. The van der Waals surface area contributed by atoms with Crippen molar-refractivity contribution >= 4 is 17.6 Å². The Labute approximate surface area is 95.2 Å². The molecule has 0 saturated carbocycles. The summed E-state index contributed by atoms with van der Waals surface area (Å²) in [6.45, 7) is 1.90. The molecule has 0 aromatic heterocycles. The molecule has 0 saturated heterocycles. The van der Waals surface area contributed by atoms with Crippen molar-refractivity contribution in [2.45, 2.75) is 19.8 Å². The molecule has 0 atom stereocenters. The summed E-state index contributed by atoms with van der Waals surface area (Å²) in [5.41, 5.74) is 2.71. The number of hydrogen-bond donors (Lipinski definition) is 0. The number of carbonyl (C=O) groups is 1. The van der Waals surface area contributed by atoms with Crippen LogP contribution in [0, 0.1) is 6.92 Å². The molecule has 3 heteroatoms. The lowest BCUT2D eigenvalue weighted by molar-refractivity contribution is 0.0600. The third-order valence-electron chi connectivity index (χ3n) is 2.31. The van der Waals surface area contributed by atoms with Crippen molar-refractivity contribution in [2.24, 2.45) is 0 Å².